The Labute approximate surface area is 131 Å². The highest BCUT2D eigenvalue weighted by molar-refractivity contribution is 5.83. The van der Waals surface area contributed by atoms with Gasteiger partial charge in [0, 0.05) is 23.7 Å². The van der Waals surface area contributed by atoms with Crippen molar-refractivity contribution in [2.45, 2.75) is 45.1 Å². The molecule has 0 unspecified atom stereocenters. The minimum absolute atomic E-state index is 0.0792. The average Bonchev–Trinajstić information content (AvgIpc) is 2.51. The van der Waals surface area contributed by atoms with Gasteiger partial charge in [0.05, 0.1) is 7.11 Å². The molecule has 0 spiro atoms. The van der Waals surface area contributed by atoms with E-state index in [1.54, 1.807) is 13.3 Å². The van der Waals surface area contributed by atoms with Gasteiger partial charge in [-0.25, -0.2) is 4.98 Å². The van der Waals surface area contributed by atoms with Crippen LogP contribution in [0.4, 0.5) is 0 Å². The third-order valence-electron chi connectivity index (χ3n) is 6.00. The molecule has 0 aliphatic heterocycles. The number of nitrogens with one attached hydrogen (secondary N) is 1. The molecule has 5 rings (SSSR count). The molecule has 1 N–H and O–H groups in total. The van der Waals surface area contributed by atoms with E-state index in [0.717, 1.165) is 42.6 Å². The lowest BCUT2D eigenvalue weighted by atomic mass is 9.49. The largest absolute Gasteiger partial charge is 0.481 e. The molecule has 4 bridgehead atoms. The third kappa shape index (κ3) is 2.29. The first-order valence-corrected chi connectivity index (χ1v) is 8.45. The second kappa shape index (κ2) is 5.25. The van der Waals surface area contributed by atoms with Crippen LogP contribution < -0.4 is 10.1 Å². The summed E-state index contributed by atoms with van der Waals surface area (Å²) >= 11 is 0. The fourth-order valence-corrected chi connectivity index (χ4v) is 5.49. The number of ether oxygens (including phenoxy) is 1. The standard InChI is InChI=1S/C18H24N2O2/c1-22-16-15(3-2-4-19-16)11-20-17(21)18-8-12-5-13(9-18)7-14(6-12)10-18/h2-4,12-14H,5-11H2,1H3,(H,20,21). The van der Waals surface area contributed by atoms with Crippen LogP contribution in [0, 0.1) is 23.2 Å². The third-order valence-corrected chi connectivity index (χ3v) is 6.00. The molecular weight excluding hydrogens is 276 g/mol. The van der Waals surface area contributed by atoms with Crippen LogP contribution in [0.25, 0.3) is 0 Å². The number of hydrogen-bond donors (Lipinski definition) is 1. The minimum Gasteiger partial charge on any atom is -0.481 e. The van der Waals surface area contributed by atoms with Crippen LogP contribution >= 0.6 is 0 Å². The maximum Gasteiger partial charge on any atom is 0.226 e. The Morgan fingerprint density at radius 2 is 1.91 bits per heavy atom. The molecule has 118 valence electrons. The normalized spacial score (nSPS) is 35.4. The molecule has 4 saturated carbocycles. The highest BCUT2D eigenvalue weighted by Crippen LogP contribution is 2.60. The number of rotatable bonds is 4. The molecule has 0 radical (unpaired) electrons. The van der Waals surface area contributed by atoms with E-state index in [9.17, 15) is 4.79 Å². The Kier molecular flexibility index (Phi) is 3.35. The van der Waals surface area contributed by atoms with Crippen LogP contribution in [-0.4, -0.2) is 18.0 Å². The summed E-state index contributed by atoms with van der Waals surface area (Å²) in [4.78, 5) is 17.1. The molecule has 1 amide bonds. The molecular formula is C18H24N2O2. The zero-order valence-corrected chi connectivity index (χ0v) is 13.2. The number of carbonyl (C=O) groups is 1. The van der Waals surface area contributed by atoms with E-state index >= 15 is 0 Å². The Morgan fingerprint density at radius 3 is 2.50 bits per heavy atom. The van der Waals surface area contributed by atoms with Gasteiger partial charge in [0.15, 0.2) is 0 Å². The molecule has 0 atom stereocenters. The molecule has 4 aliphatic carbocycles. The van der Waals surface area contributed by atoms with Gasteiger partial charge in [-0.2, -0.15) is 0 Å². The van der Waals surface area contributed by atoms with Crippen molar-refractivity contribution >= 4 is 5.91 Å². The summed E-state index contributed by atoms with van der Waals surface area (Å²) in [7, 11) is 1.62. The Hall–Kier alpha value is -1.58. The number of amides is 1. The topological polar surface area (TPSA) is 51.2 Å². The SMILES string of the molecule is COc1ncccc1CNC(=O)C12CC3CC(CC(C3)C1)C2. The van der Waals surface area contributed by atoms with E-state index in [2.05, 4.69) is 10.3 Å². The first kappa shape index (κ1) is 14.0. The Balaban J connectivity index is 1.46. The average molecular weight is 300 g/mol. The quantitative estimate of drug-likeness (QED) is 0.930. The predicted octanol–water partition coefficient (Wildman–Crippen LogP) is 2.92. The molecule has 4 fully saturated rings. The number of aromatic nitrogens is 1. The first-order chi connectivity index (χ1) is 10.7. The maximum atomic E-state index is 12.9. The first-order valence-electron chi connectivity index (χ1n) is 8.45. The van der Waals surface area contributed by atoms with Crippen LogP contribution in [0.1, 0.15) is 44.1 Å². The van der Waals surface area contributed by atoms with Gasteiger partial charge in [-0.05, 0) is 62.3 Å². The Morgan fingerprint density at radius 1 is 1.27 bits per heavy atom. The van der Waals surface area contributed by atoms with Gasteiger partial charge in [-0.3, -0.25) is 4.79 Å². The molecule has 4 heteroatoms. The second-order valence-corrected chi connectivity index (χ2v) is 7.55. The van der Waals surface area contributed by atoms with Gasteiger partial charge in [-0.15, -0.1) is 0 Å². The number of nitrogens with zero attached hydrogens (tertiary/aromatic N) is 1. The van der Waals surface area contributed by atoms with Gasteiger partial charge in [0.25, 0.3) is 0 Å². The van der Waals surface area contributed by atoms with Crippen molar-refractivity contribution in [2.24, 2.45) is 23.2 Å². The number of carbonyl (C=O) groups excluding carboxylic acids is 1. The lowest BCUT2D eigenvalue weighted by Gasteiger charge is -2.55. The fraction of sp³-hybridized carbons (Fsp3) is 0.667. The van der Waals surface area contributed by atoms with Crippen molar-refractivity contribution in [2.75, 3.05) is 7.11 Å². The van der Waals surface area contributed by atoms with Crippen LogP contribution in [0.15, 0.2) is 18.3 Å². The van der Waals surface area contributed by atoms with E-state index < -0.39 is 0 Å². The van der Waals surface area contributed by atoms with Crippen molar-refractivity contribution in [3.63, 3.8) is 0 Å². The summed E-state index contributed by atoms with van der Waals surface area (Å²) in [5.74, 6) is 3.26. The summed E-state index contributed by atoms with van der Waals surface area (Å²) in [6.45, 7) is 0.512. The van der Waals surface area contributed by atoms with E-state index in [1.807, 2.05) is 12.1 Å². The number of hydrogen-bond acceptors (Lipinski definition) is 3. The summed E-state index contributed by atoms with van der Waals surface area (Å²) in [5.41, 5.74) is 0.868. The van der Waals surface area contributed by atoms with Crippen LogP contribution in [0.3, 0.4) is 0 Å². The van der Waals surface area contributed by atoms with Crippen LogP contribution in [-0.2, 0) is 11.3 Å². The van der Waals surface area contributed by atoms with Crippen molar-refractivity contribution in [1.29, 1.82) is 0 Å². The zero-order chi connectivity index (χ0) is 15.2. The lowest BCUT2D eigenvalue weighted by molar-refractivity contribution is -0.146. The van der Waals surface area contributed by atoms with E-state index in [4.69, 9.17) is 4.74 Å². The summed E-state index contributed by atoms with van der Waals surface area (Å²) < 4.78 is 5.26. The molecule has 4 aliphatic rings. The fourth-order valence-electron chi connectivity index (χ4n) is 5.49. The molecule has 1 heterocycles. The van der Waals surface area contributed by atoms with Gasteiger partial charge in [-0.1, -0.05) is 6.07 Å². The van der Waals surface area contributed by atoms with Gasteiger partial charge in [0.2, 0.25) is 11.8 Å². The zero-order valence-electron chi connectivity index (χ0n) is 13.2. The number of methoxy groups -OCH3 is 1. The van der Waals surface area contributed by atoms with Crippen molar-refractivity contribution < 1.29 is 9.53 Å². The minimum atomic E-state index is -0.0792. The summed E-state index contributed by atoms with van der Waals surface area (Å²) in [5, 5.41) is 3.17. The van der Waals surface area contributed by atoms with Gasteiger partial charge in [0.1, 0.15) is 0 Å². The van der Waals surface area contributed by atoms with E-state index in [0.29, 0.717) is 12.4 Å². The number of pyridine rings is 1. The predicted molar refractivity (Wildman–Crippen MR) is 83.2 cm³/mol. The molecule has 4 nitrogen and oxygen atoms in total. The highest BCUT2D eigenvalue weighted by atomic mass is 16.5. The maximum absolute atomic E-state index is 12.9. The van der Waals surface area contributed by atoms with Crippen LogP contribution in [0.2, 0.25) is 0 Å². The molecule has 0 saturated heterocycles. The molecule has 1 aromatic rings. The smallest absolute Gasteiger partial charge is 0.226 e. The van der Waals surface area contributed by atoms with Crippen molar-refractivity contribution in [1.82, 2.24) is 10.3 Å². The second-order valence-electron chi connectivity index (χ2n) is 7.55. The summed E-state index contributed by atoms with van der Waals surface area (Å²) in [6, 6.07) is 3.85. The molecule has 1 aromatic heterocycles. The van der Waals surface area contributed by atoms with Crippen LogP contribution in [0.5, 0.6) is 5.88 Å². The highest BCUT2D eigenvalue weighted by Gasteiger charge is 2.54. The molecule has 22 heavy (non-hydrogen) atoms. The Bertz CT molecular complexity index is 549. The monoisotopic (exact) mass is 300 g/mol. The van der Waals surface area contributed by atoms with Crippen molar-refractivity contribution in [3.05, 3.63) is 23.9 Å². The van der Waals surface area contributed by atoms with Gasteiger partial charge < -0.3 is 10.1 Å². The summed E-state index contributed by atoms with van der Waals surface area (Å²) in [6.07, 6.45) is 9.12. The van der Waals surface area contributed by atoms with E-state index in [1.165, 1.54) is 19.3 Å². The van der Waals surface area contributed by atoms with Crippen molar-refractivity contribution in [3.8, 4) is 5.88 Å². The lowest BCUT2D eigenvalue weighted by Crippen LogP contribution is -2.53. The van der Waals surface area contributed by atoms with E-state index in [-0.39, 0.29) is 11.3 Å². The van der Waals surface area contributed by atoms with Gasteiger partial charge >= 0.3 is 0 Å². The molecule has 0 aromatic carbocycles.